The summed E-state index contributed by atoms with van der Waals surface area (Å²) in [5.74, 6) is 0.0837. The van der Waals surface area contributed by atoms with Gasteiger partial charge in [0.05, 0.1) is 6.61 Å². The average Bonchev–Trinajstić information content (AvgIpc) is 2.63. The molecule has 0 aliphatic carbocycles. The van der Waals surface area contributed by atoms with Gasteiger partial charge in [-0.2, -0.15) is 0 Å². The number of benzene rings is 1. The van der Waals surface area contributed by atoms with Crippen molar-refractivity contribution in [2.24, 2.45) is 0 Å². The number of rotatable bonds is 9. The van der Waals surface area contributed by atoms with Crippen molar-refractivity contribution in [3.05, 3.63) is 41.6 Å². The minimum atomic E-state index is -0.573. The molecule has 1 aromatic carbocycles. The van der Waals surface area contributed by atoms with Crippen LogP contribution in [0.3, 0.4) is 0 Å². The monoisotopic (exact) mass is 343 g/mol. The first-order valence-corrected chi connectivity index (χ1v) is 9.44. The number of Topliss-reactive ketones (excluding diaryl/α,β-unsaturated/α-hetero) is 1. The van der Waals surface area contributed by atoms with Crippen molar-refractivity contribution < 1.29 is 14.3 Å². The van der Waals surface area contributed by atoms with E-state index in [-0.39, 0.29) is 5.78 Å². The highest BCUT2D eigenvalue weighted by atomic mass is 16.6. The van der Waals surface area contributed by atoms with Crippen LogP contribution in [-0.4, -0.2) is 23.4 Å². The van der Waals surface area contributed by atoms with Crippen LogP contribution < -0.4 is 0 Å². The van der Waals surface area contributed by atoms with Gasteiger partial charge in [-0.25, -0.2) is 4.79 Å². The van der Waals surface area contributed by atoms with Crippen LogP contribution >= 0.6 is 0 Å². The Morgan fingerprint density at radius 2 is 1.76 bits per heavy atom. The van der Waals surface area contributed by atoms with Crippen molar-refractivity contribution in [1.82, 2.24) is 4.90 Å². The average molecular weight is 343 g/mol. The molecule has 1 amide bonds. The van der Waals surface area contributed by atoms with Crippen LogP contribution in [0.25, 0.3) is 6.08 Å². The maximum Gasteiger partial charge on any atom is 0.414 e. The lowest BCUT2D eigenvalue weighted by Gasteiger charge is -2.31. The summed E-state index contributed by atoms with van der Waals surface area (Å²) in [6.07, 6.45) is 10.4. The van der Waals surface area contributed by atoms with E-state index in [1.165, 1.54) is 30.6 Å². The molecular formula is C21H29NO3. The summed E-state index contributed by atoms with van der Waals surface area (Å²) in [5, 5.41) is 0. The Morgan fingerprint density at radius 3 is 2.52 bits per heavy atom. The second-order valence-electron chi connectivity index (χ2n) is 6.44. The summed E-state index contributed by atoms with van der Waals surface area (Å²) in [6.45, 7) is 4.26. The van der Waals surface area contributed by atoms with Gasteiger partial charge in [-0.05, 0) is 30.5 Å². The summed E-state index contributed by atoms with van der Waals surface area (Å²) in [5.41, 5.74) is 1.87. The summed E-state index contributed by atoms with van der Waals surface area (Å²) in [4.78, 5) is 26.6. The molecule has 0 fully saturated rings. The van der Waals surface area contributed by atoms with E-state index in [0.29, 0.717) is 13.0 Å². The fourth-order valence-corrected chi connectivity index (χ4v) is 3.22. The van der Waals surface area contributed by atoms with Crippen molar-refractivity contribution in [3.63, 3.8) is 0 Å². The van der Waals surface area contributed by atoms with E-state index in [0.717, 1.165) is 24.0 Å². The SMILES string of the molecule is CCCCCCCCC(=O)C1c2ccccc2C=CN1C(=O)OCC. The van der Waals surface area contributed by atoms with E-state index in [2.05, 4.69) is 6.92 Å². The molecule has 0 saturated heterocycles. The van der Waals surface area contributed by atoms with Gasteiger partial charge in [0, 0.05) is 12.6 Å². The van der Waals surface area contributed by atoms with Gasteiger partial charge in [0.2, 0.25) is 0 Å². The molecule has 0 aromatic heterocycles. The highest BCUT2D eigenvalue weighted by molar-refractivity contribution is 5.91. The molecule has 25 heavy (non-hydrogen) atoms. The number of unbranched alkanes of at least 4 members (excludes halogenated alkanes) is 5. The predicted octanol–water partition coefficient (Wildman–Crippen LogP) is 5.49. The van der Waals surface area contributed by atoms with E-state index >= 15 is 0 Å². The van der Waals surface area contributed by atoms with Crippen LogP contribution in [0, 0.1) is 0 Å². The number of carbonyl (C=O) groups excluding carboxylic acids is 2. The number of ketones is 1. The lowest BCUT2D eigenvalue weighted by Crippen LogP contribution is -2.37. The number of ether oxygens (including phenoxy) is 1. The zero-order chi connectivity index (χ0) is 18.1. The van der Waals surface area contributed by atoms with E-state index in [1.54, 1.807) is 13.1 Å². The molecule has 1 unspecified atom stereocenters. The Morgan fingerprint density at radius 1 is 1.04 bits per heavy atom. The molecule has 1 heterocycles. The van der Waals surface area contributed by atoms with Gasteiger partial charge in [-0.3, -0.25) is 9.69 Å². The molecule has 4 nitrogen and oxygen atoms in total. The Balaban J connectivity index is 2.05. The van der Waals surface area contributed by atoms with Gasteiger partial charge in [0.1, 0.15) is 6.04 Å². The van der Waals surface area contributed by atoms with Gasteiger partial charge in [-0.15, -0.1) is 0 Å². The maximum atomic E-state index is 12.9. The van der Waals surface area contributed by atoms with Crippen molar-refractivity contribution >= 4 is 18.0 Å². The Hall–Kier alpha value is -2.10. The molecular weight excluding hydrogens is 314 g/mol. The summed E-state index contributed by atoms with van der Waals surface area (Å²) in [7, 11) is 0. The highest BCUT2D eigenvalue weighted by Gasteiger charge is 2.33. The first kappa shape index (κ1) is 19.2. The van der Waals surface area contributed by atoms with Crippen molar-refractivity contribution in [2.75, 3.05) is 6.61 Å². The first-order chi connectivity index (χ1) is 12.2. The standard InChI is InChI=1S/C21H29NO3/c1-3-5-6-7-8-9-14-19(23)20-18-13-11-10-12-17(18)15-16-22(20)21(24)25-4-2/h10-13,15-16,20H,3-9,14H2,1-2H3. The second-order valence-corrected chi connectivity index (χ2v) is 6.44. The topological polar surface area (TPSA) is 46.6 Å². The minimum absolute atomic E-state index is 0.0837. The van der Waals surface area contributed by atoms with Crippen LogP contribution in [0.4, 0.5) is 4.79 Å². The van der Waals surface area contributed by atoms with E-state index in [1.807, 2.05) is 30.3 Å². The molecule has 0 bridgehead atoms. The van der Waals surface area contributed by atoms with Crippen molar-refractivity contribution in [2.45, 2.75) is 64.8 Å². The summed E-state index contributed by atoms with van der Waals surface area (Å²) in [6, 6.07) is 7.18. The summed E-state index contributed by atoms with van der Waals surface area (Å²) >= 11 is 0. The first-order valence-electron chi connectivity index (χ1n) is 9.44. The molecule has 0 radical (unpaired) electrons. The molecule has 1 aliphatic rings. The Kier molecular flexibility index (Phi) is 7.71. The fraction of sp³-hybridized carbons (Fsp3) is 0.524. The van der Waals surface area contributed by atoms with Crippen LogP contribution in [0.1, 0.15) is 76.0 Å². The van der Waals surface area contributed by atoms with E-state index in [9.17, 15) is 9.59 Å². The van der Waals surface area contributed by atoms with Crippen molar-refractivity contribution in [3.8, 4) is 0 Å². The third-order valence-corrected chi connectivity index (χ3v) is 4.54. The molecule has 0 N–H and O–H groups in total. The zero-order valence-corrected chi connectivity index (χ0v) is 15.4. The number of nitrogens with zero attached hydrogens (tertiary/aromatic N) is 1. The van der Waals surface area contributed by atoms with Gasteiger partial charge in [0.15, 0.2) is 5.78 Å². The molecule has 4 heteroatoms. The molecule has 1 aliphatic heterocycles. The minimum Gasteiger partial charge on any atom is -0.449 e. The quantitative estimate of drug-likeness (QED) is 0.557. The Labute approximate surface area is 150 Å². The van der Waals surface area contributed by atoms with Gasteiger partial charge in [-0.1, -0.05) is 63.3 Å². The molecule has 2 rings (SSSR count). The van der Waals surface area contributed by atoms with Gasteiger partial charge >= 0.3 is 6.09 Å². The van der Waals surface area contributed by atoms with E-state index in [4.69, 9.17) is 4.74 Å². The number of fused-ring (bicyclic) bond motifs is 1. The van der Waals surface area contributed by atoms with Gasteiger partial charge < -0.3 is 4.74 Å². The number of amides is 1. The fourth-order valence-electron chi connectivity index (χ4n) is 3.22. The lowest BCUT2D eigenvalue weighted by molar-refractivity contribution is -0.123. The molecule has 0 spiro atoms. The van der Waals surface area contributed by atoms with Gasteiger partial charge in [0.25, 0.3) is 0 Å². The maximum absolute atomic E-state index is 12.9. The second kappa shape index (κ2) is 10.0. The largest absolute Gasteiger partial charge is 0.449 e. The van der Waals surface area contributed by atoms with Crippen LogP contribution in [-0.2, 0) is 9.53 Å². The lowest BCUT2D eigenvalue weighted by atomic mass is 9.91. The van der Waals surface area contributed by atoms with Crippen LogP contribution in [0.5, 0.6) is 0 Å². The smallest absolute Gasteiger partial charge is 0.414 e. The number of hydrogen-bond donors (Lipinski definition) is 0. The third-order valence-electron chi connectivity index (χ3n) is 4.54. The molecule has 1 atom stereocenters. The third kappa shape index (κ3) is 5.18. The van der Waals surface area contributed by atoms with Crippen molar-refractivity contribution in [1.29, 1.82) is 0 Å². The van der Waals surface area contributed by atoms with Crippen LogP contribution in [0.15, 0.2) is 30.5 Å². The number of carbonyl (C=O) groups is 2. The van der Waals surface area contributed by atoms with E-state index < -0.39 is 12.1 Å². The summed E-state index contributed by atoms with van der Waals surface area (Å²) < 4.78 is 5.13. The molecule has 1 aromatic rings. The molecule has 136 valence electrons. The predicted molar refractivity (Wildman–Crippen MR) is 100 cm³/mol. The normalized spacial score (nSPS) is 15.8. The van der Waals surface area contributed by atoms with Crippen LogP contribution in [0.2, 0.25) is 0 Å². The molecule has 0 saturated carbocycles. The zero-order valence-electron chi connectivity index (χ0n) is 15.4. The highest BCUT2D eigenvalue weighted by Crippen LogP contribution is 2.32. The number of hydrogen-bond acceptors (Lipinski definition) is 3. The Bertz CT molecular complexity index is 609.